The zero-order valence-corrected chi connectivity index (χ0v) is 15.8. The summed E-state index contributed by atoms with van der Waals surface area (Å²) in [5, 5.41) is 0.942. The Morgan fingerprint density at radius 1 is 1.15 bits per heavy atom. The lowest BCUT2D eigenvalue weighted by atomic mass is 9.96. The molecule has 0 saturated heterocycles. The summed E-state index contributed by atoms with van der Waals surface area (Å²) >= 11 is 0. The van der Waals surface area contributed by atoms with Crippen LogP contribution in [0.4, 0.5) is 0 Å². The summed E-state index contributed by atoms with van der Waals surface area (Å²) < 4.78 is 11.4. The molecule has 1 aliphatic carbocycles. The van der Waals surface area contributed by atoms with Gasteiger partial charge in [0.2, 0.25) is 0 Å². The van der Waals surface area contributed by atoms with Gasteiger partial charge in [0.1, 0.15) is 11.3 Å². The third-order valence-corrected chi connectivity index (χ3v) is 5.32. The van der Waals surface area contributed by atoms with E-state index in [1.54, 1.807) is 6.07 Å². The third kappa shape index (κ3) is 4.17. The molecule has 4 heteroatoms. The number of ketones is 1. The number of fused-ring (bicyclic) bond motifs is 1. The van der Waals surface area contributed by atoms with Gasteiger partial charge in [-0.05, 0) is 56.7 Å². The molecule has 2 aromatic rings. The van der Waals surface area contributed by atoms with Gasteiger partial charge in [-0.1, -0.05) is 26.2 Å². The SMILES string of the molecule is CCCCCCc1c(C)c2ccc(O[C@@H]3CCCCC3=O)cc2oc1=O. The van der Waals surface area contributed by atoms with E-state index in [1.807, 2.05) is 19.1 Å². The Morgan fingerprint density at radius 2 is 2.00 bits per heavy atom. The number of unbranched alkanes of at least 4 members (excludes halogenated alkanes) is 3. The number of ether oxygens (including phenoxy) is 1. The number of hydrogen-bond acceptors (Lipinski definition) is 4. The van der Waals surface area contributed by atoms with Crippen molar-refractivity contribution in [1.29, 1.82) is 0 Å². The number of hydrogen-bond donors (Lipinski definition) is 0. The van der Waals surface area contributed by atoms with E-state index >= 15 is 0 Å². The molecule has 0 aliphatic heterocycles. The average Bonchev–Trinajstić information content (AvgIpc) is 2.63. The monoisotopic (exact) mass is 356 g/mol. The number of rotatable bonds is 7. The number of Topliss-reactive ketones (excluding diaryl/α,β-unsaturated/α-hetero) is 1. The first kappa shape index (κ1) is 18.7. The van der Waals surface area contributed by atoms with Crippen molar-refractivity contribution >= 4 is 16.8 Å². The van der Waals surface area contributed by atoms with E-state index in [2.05, 4.69) is 6.92 Å². The van der Waals surface area contributed by atoms with Crippen LogP contribution >= 0.6 is 0 Å². The molecule has 1 atom stereocenters. The van der Waals surface area contributed by atoms with Crippen molar-refractivity contribution in [2.75, 3.05) is 0 Å². The van der Waals surface area contributed by atoms with Gasteiger partial charge in [0, 0.05) is 23.4 Å². The zero-order chi connectivity index (χ0) is 18.5. The van der Waals surface area contributed by atoms with Crippen molar-refractivity contribution in [3.8, 4) is 5.75 Å². The molecular weight excluding hydrogens is 328 g/mol. The van der Waals surface area contributed by atoms with E-state index in [4.69, 9.17) is 9.15 Å². The molecule has 26 heavy (non-hydrogen) atoms. The molecule has 1 fully saturated rings. The molecule has 140 valence electrons. The molecule has 1 aliphatic rings. The number of carbonyl (C=O) groups excluding carboxylic acids is 1. The summed E-state index contributed by atoms with van der Waals surface area (Å²) in [6.45, 7) is 4.16. The van der Waals surface area contributed by atoms with Gasteiger partial charge in [-0.15, -0.1) is 0 Å². The molecule has 0 unspecified atom stereocenters. The van der Waals surface area contributed by atoms with E-state index in [1.165, 1.54) is 12.8 Å². The fraction of sp³-hybridized carbons (Fsp3) is 0.545. The smallest absolute Gasteiger partial charge is 0.339 e. The van der Waals surface area contributed by atoms with Crippen molar-refractivity contribution in [3.05, 3.63) is 39.7 Å². The van der Waals surface area contributed by atoms with Crippen LogP contribution in [0.1, 0.15) is 69.4 Å². The molecule has 4 nitrogen and oxygen atoms in total. The highest BCUT2D eigenvalue weighted by Crippen LogP contribution is 2.27. The van der Waals surface area contributed by atoms with E-state index < -0.39 is 0 Å². The predicted molar refractivity (Wildman–Crippen MR) is 103 cm³/mol. The highest BCUT2D eigenvalue weighted by molar-refractivity contribution is 5.85. The van der Waals surface area contributed by atoms with Crippen molar-refractivity contribution in [1.82, 2.24) is 0 Å². The van der Waals surface area contributed by atoms with Crippen molar-refractivity contribution in [3.63, 3.8) is 0 Å². The Balaban J connectivity index is 1.81. The lowest BCUT2D eigenvalue weighted by Gasteiger charge is -2.22. The van der Waals surface area contributed by atoms with Crippen LogP contribution in [0.5, 0.6) is 5.75 Å². The standard InChI is InChI=1S/C22H28O4/c1-3-4-5-6-9-18-15(2)17-13-12-16(14-21(17)26-22(18)24)25-20-11-8-7-10-19(20)23/h12-14,20H,3-11H2,1-2H3/t20-/m1/s1. The topological polar surface area (TPSA) is 56.5 Å². The molecule has 1 saturated carbocycles. The van der Waals surface area contributed by atoms with Gasteiger partial charge < -0.3 is 9.15 Å². The number of aryl methyl sites for hydroxylation is 1. The maximum absolute atomic E-state index is 12.4. The van der Waals surface area contributed by atoms with Crippen LogP contribution in [-0.4, -0.2) is 11.9 Å². The molecule has 0 bridgehead atoms. The van der Waals surface area contributed by atoms with Crippen LogP contribution in [-0.2, 0) is 11.2 Å². The maximum atomic E-state index is 12.4. The lowest BCUT2D eigenvalue weighted by molar-refractivity contribution is -0.127. The van der Waals surface area contributed by atoms with Crippen molar-refractivity contribution in [2.45, 2.75) is 77.7 Å². The summed E-state index contributed by atoms with van der Waals surface area (Å²) in [5.74, 6) is 0.757. The summed E-state index contributed by atoms with van der Waals surface area (Å²) in [5.41, 5.74) is 2.06. The van der Waals surface area contributed by atoms with Crippen LogP contribution in [0.3, 0.4) is 0 Å². The second kappa shape index (κ2) is 8.52. The Labute approximate surface area is 154 Å². The van der Waals surface area contributed by atoms with Crippen molar-refractivity contribution in [2.24, 2.45) is 0 Å². The minimum Gasteiger partial charge on any atom is -0.483 e. The van der Waals surface area contributed by atoms with Gasteiger partial charge in [-0.25, -0.2) is 4.79 Å². The fourth-order valence-corrected chi connectivity index (χ4v) is 3.71. The third-order valence-electron chi connectivity index (χ3n) is 5.32. The summed E-state index contributed by atoms with van der Waals surface area (Å²) in [4.78, 5) is 24.4. The molecule has 3 rings (SSSR count). The minimum atomic E-state index is -0.369. The molecule has 1 aromatic carbocycles. The maximum Gasteiger partial charge on any atom is 0.339 e. The number of carbonyl (C=O) groups is 1. The Hall–Kier alpha value is -2.10. The molecule has 0 amide bonds. The molecule has 0 N–H and O–H groups in total. The number of benzene rings is 1. The highest BCUT2D eigenvalue weighted by Gasteiger charge is 2.24. The van der Waals surface area contributed by atoms with Crippen LogP contribution < -0.4 is 10.4 Å². The van der Waals surface area contributed by atoms with Crippen LogP contribution in [0.25, 0.3) is 11.0 Å². The van der Waals surface area contributed by atoms with E-state index in [9.17, 15) is 9.59 Å². The van der Waals surface area contributed by atoms with Gasteiger partial charge in [0.15, 0.2) is 11.9 Å². The Morgan fingerprint density at radius 3 is 2.77 bits per heavy atom. The second-order valence-electron chi connectivity index (χ2n) is 7.28. The van der Waals surface area contributed by atoms with E-state index in [0.717, 1.165) is 55.0 Å². The van der Waals surface area contributed by atoms with E-state index in [0.29, 0.717) is 17.8 Å². The zero-order valence-electron chi connectivity index (χ0n) is 15.8. The van der Waals surface area contributed by atoms with Gasteiger partial charge >= 0.3 is 5.63 Å². The minimum absolute atomic E-state index is 0.163. The Bertz CT molecular complexity index is 834. The first-order valence-corrected chi connectivity index (χ1v) is 9.86. The summed E-state index contributed by atoms with van der Waals surface area (Å²) in [7, 11) is 0. The van der Waals surface area contributed by atoms with E-state index in [-0.39, 0.29) is 17.5 Å². The highest BCUT2D eigenvalue weighted by atomic mass is 16.5. The Kier molecular flexibility index (Phi) is 6.12. The molecular formula is C22H28O4. The molecule has 0 radical (unpaired) electrons. The quantitative estimate of drug-likeness (QED) is 0.511. The van der Waals surface area contributed by atoms with Gasteiger partial charge in [0.25, 0.3) is 0 Å². The van der Waals surface area contributed by atoms with Crippen LogP contribution in [0.15, 0.2) is 27.4 Å². The molecule has 1 aromatic heterocycles. The van der Waals surface area contributed by atoms with Crippen LogP contribution in [0.2, 0.25) is 0 Å². The van der Waals surface area contributed by atoms with Gasteiger partial charge in [0.05, 0.1) is 0 Å². The lowest BCUT2D eigenvalue weighted by Crippen LogP contribution is -2.30. The second-order valence-corrected chi connectivity index (χ2v) is 7.28. The first-order valence-electron chi connectivity index (χ1n) is 9.86. The summed E-state index contributed by atoms with van der Waals surface area (Å²) in [6, 6.07) is 5.55. The molecule has 1 heterocycles. The van der Waals surface area contributed by atoms with Crippen LogP contribution in [0, 0.1) is 6.92 Å². The fourth-order valence-electron chi connectivity index (χ4n) is 3.71. The molecule has 0 spiro atoms. The predicted octanol–water partition coefficient (Wildman–Crippen LogP) is 5.11. The normalized spacial score (nSPS) is 17.6. The van der Waals surface area contributed by atoms with Gasteiger partial charge in [-0.3, -0.25) is 4.79 Å². The first-order chi connectivity index (χ1) is 12.6. The largest absolute Gasteiger partial charge is 0.483 e. The summed E-state index contributed by atoms with van der Waals surface area (Å²) in [6.07, 6.45) is 8.22. The van der Waals surface area contributed by atoms with Crippen molar-refractivity contribution < 1.29 is 13.9 Å². The average molecular weight is 356 g/mol. The van der Waals surface area contributed by atoms with Gasteiger partial charge in [-0.2, -0.15) is 0 Å².